The van der Waals surface area contributed by atoms with E-state index in [1.165, 1.54) is 14.2 Å². The molecule has 0 aliphatic rings. The summed E-state index contributed by atoms with van der Waals surface area (Å²) in [5.41, 5.74) is 0. The fraction of sp³-hybridized carbons (Fsp3) is 1.00. The van der Waals surface area contributed by atoms with Crippen molar-refractivity contribution in [1.82, 2.24) is 0 Å². The van der Waals surface area contributed by atoms with Crippen LogP contribution in [0.25, 0.3) is 0 Å². The standard InChI is InChI=1S/C8H22O4P2/c1-7-14(5,6,8-2)12-13(9,10-3)11-4/h7-8H2,1-6H3. The number of hydrogen-bond donors (Lipinski definition) is 0. The molecule has 0 aliphatic heterocycles. The van der Waals surface area contributed by atoms with Crippen LogP contribution in [0.5, 0.6) is 0 Å². The molecule has 6 heteroatoms. The summed E-state index contributed by atoms with van der Waals surface area (Å²) in [6, 6.07) is 0. The molecule has 14 heavy (non-hydrogen) atoms. The molecule has 0 N–H and O–H groups in total. The van der Waals surface area contributed by atoms with E-state index >= 15 is 0 Å². The van der Waals surface area contributed by atoms with Gasteiger partial charge in [0, 0.05) is 0 Å². The quantitative estimate of drug-likeness (QED) is 0.673. The Morgan fingerprint density at radius 1 is 1.07 bits per heavy atom. The molecule has 0 heterocycles. The Labute approximate surface area is 86.9 Å². The molecule has 0 atom stereocenters. The van der Waals surface area contributed by atoms with E-state index in [-0.39, 0.29) is 0 Å². The molecule has 0 amide bonds. The normalized spacial score (nSPS) is 16.3. The molecule has 0 rings (SSSR count). The average molecular weight is 244 g/mol. The third-order valence-corrected chi connectivity index (χ3v) is 10.7. The Morgan fingerprint density at radius 3 is 1.64 bits per heavy atom. The van der Waals surface area contributed by atoms with E-state index in [1.807, 2.05) is 27.2 Å². The molecule has 0 saturated heterocycles. The summed E-state index contributed by atoms with van der Waals surface area (Å²) in [7, 11) is -0.664. The van der Waals surface area contributed by atoms with Crippen LogP contribution in [0.3, 0.4) is 0 Å². The van der Waals surface area contributed by atoms with Crippen LogP contribution in [0.15, 0.2) is 0 Å². The Bertz CT molecular complexity index is 223. The fourth-order valence-electron chi connectivity index (χ4n) is 0.822. The summed E-state index contributed by atoms with van der Waals surface area (Å²) in [6.45, 7) is 5.80. The van der Waals surface area contributed by atoms with Crippen molar-refractivity contribution < 1.29 is 17.9 Å². The van der Waals surface area contributed by atoms with Gasteiger partial charge in [-0.15, -0.1) is 0 Å². The summed E-state index contributed by atoms with van der Waals surface area (Å²) in [5.74, 6) is 0. The van der Waals surface area contributed by atoms with Crippen LogP contribution < -0.4 is 0 Å². The fourth-order valence-corrected chi connectivity index (χ4v) is 5.61. The van der Waals surface area contributed by atoms with Crippen LogP contribution in [0.1, 0.15) is 13.8 Å². The molecule has 0 aromatic carbocycles. The number of hydrogen-bond acceptors (Lipinski definition) is 4. The number of phosphoric acid groups is 1. The first-order valence-electron chi connectivity index (χ1n) is 4.67. The van der Waals surface area contributed by atoms with Crippen molar-refractivity contribution in [3.05, 3.63) is 0 Å². The second-order valence-electron chi connectivity index (χ2n) is 4.09. The summed E-state index contributed by atoms with van der Waals surface area (Å²) in [4.78, 5) is 0. The summed E-state index contributed by atoms with van der Waals surface area (Å²) >= 11 is 0. The SMILES string of the molecule is CCP(C)(C)(CC)OP(=O)(OC)OC. The van der Waals surface area contributed by atoms with Crippen LogP contribution >= 0.6 is 14.7 Å². The van der Waals surface area contributed by atoms with Crippen molar-refractivity contribution in [2.45, 2.75) is 13.8 Å². The van der Waals surface area contributed by atoms with Gasteiger partial charge >= 0.3 is 86.3 Å². The number of phosphoric ester groups is 1. The van der Waals surface area contributed by atoms with E-state index in [0.717, 1.165) is 12.3 Å². The third-order valence-electron chi connectivity index (χ3n) is 2.80. The van der Waals surface area contributed by atoms with Crippen molar-refractivity contribution in [2.75, 3.05) is 39.9 Å². The van der Waals surface area contributed by atoms with Gasteiger partial charge in [-0.25, -0.2) is 0 Å². The maximum atomic E-state index is 11.9. The van der Waals surface area contributed by atoms with Gasteiger partial charge in [-0.05, 0) is 0 Å². The maximum absolute atomic E-state index is 11.9. The first-order chi connectivity index (χ1) is 6.23. The van der Waals surface area contributed by atoms with Gasteiger partial charge in [0.25, 0.3) is 0 Å². The number of rotatable bonds is 6. The van der Waals surface area contributed by atoms with E-state index in [1.54, 1.807) is 0 Å². The Morgan fingerprint density at radius 2 is 1.43 bits per heavy atom. The van der Waals surface area contributed by atoms with Gasteiger partial charge < -0.3 is 0 Å². The van der Waals surface area contributed by atoms with Crippen LogP contribution in [-0.4, -0.2) is 39.9 Å². The van der Waals surface area contributed by atoms with Gasteiger partial charge in [-0.2, -0.15) is 0 Å². The van der Waals surface area contributed by atoms with Crippen LogP contribution in [0.4, 0.5) is 0 Å². The van der Waals surface area contributed by atoms with Gasteiger partial charge in [0.15, 0.2) is 0 Å². The average Bonchev–Trinajstić information content (AvgIpc) is 2.18. The monoisotopic (exact) mass is 244 g/mol. The Balaban J connectivity index is 4.87. The molecule has 0 radical (unpaired) electrons. The molecule has 0 saturated carbocycles. The van der Waals surface area contributed by atoms with Crippen LogP contribution in [0.2, 0.25) is 0 Å². The minimum atomic E-state index is -3.34. The van der Waals surface area contributed by atoms with Gasteiger partial charge in [-0.3, -0.25) is 0 Å². The molecule has 4 nitrogen and oxygen atoms in total. The molecule has 0 aromatic heterocycles. The molecule has 0 spiro atoms. The molecule has 0 fully saturated rings. The minimum absolute atomic E-state index is 0.860. The molecular formula is C8H22O4P2. The van der Waals surface area contributed by atoms with Gasteiger partial charge in [-0.1, -0.05) is 0 Å². The van der Waals surface area contributed by atoms with Crippen molar-refractivity contribution in [2.24, 2.45) is 0 Å². The molecule has 0 aliphatic carbocycles. The van der Waals surface area contributed by atoms with Crippen molar-refractivity contribution in [3.8, 4) is 0 Å². The second kappa shape index (κ2) is 4.59. The predicted molar refractivity (Wildman–Crippen MR) is 62.6 cm³/mol. The zero-order chi connectivity index (χ0) is 11.5. The van der Waals surface area contributed by atoms with E-state index in [0.29, 0.717) is 0 Å². The van der Waals surface area contributed by atoms with Crippen LogP contribution in [-0.2, 0) is 17.9 Å². The van der Waals surface area contributed by atoms with E-state index < -0.39 is 14.7 Å². The second-order valence-corrected chi connectivity index (χ2v) is 12.7. The molecule has 0 bridgehead atoms. The first-order valence-corrected chi connectivity index (χ1v) is 9.55. The molecule has 0 unspecified atom stereocenters. The van der Waals surface area contributed by atoms with E-state index in [9.17, 15) is 4.57 Å². The predicted octanol–water partition coefficient (Wildman–Crippen LogP) is 3.17. The van der Waals surface area contributed by atoms with Crippen LogP contribution in [0, 0.1) is 0 Å². The van der Waals surface area contributed by atoms with Crippen molar-refractivity contribution in [1.29, 1.82) is 0 Å². The third kappa shape index (κ3) is 3.60. The zero-order valence-corrected chi connectivity index (χ0v) is 11.7. The first kappa shape index (κ1) is 14.5. The van der Waals surface area contributed by atoms with Gasteiger partial charge in [0.2, 0.25) is 0 Å². The Hall–Kier alpha value is 0.540. The Kier molecular flexibility index (Phi) is 4.77. The van der Waals surface area contributed by atoms with Gasteiger partial charge in [0.05, 0.1) is 0 Å². The van der Waals surface area contributed by atoms with E-state index in [2.05, 4.69) is 0 Å². The molecule has 0 aromatic rings. The topological polar surface area (TPSA) is 44.8 Å². The molecular weight excluding hydrogens is 222 g/mol. The zero-order valence-electron chi connectivity index (χ0n) is 9.94. The van der Waals surface area contributed by atoms with Crippen molar-refractivity contribution in [3.63, 3.8) is 0 Å². The summed E-state index contributed by atoms with van der Waals surface area (Å²) in [5, 5.41) is 0. The molecule has 88 valence electrons. The van der Waals surface area contributed by atoms with Gasteiger partial charge in [0.1, 0.15) is 0 Å². The van der Waals surface area contributed by atoms with E-state index in [4.69, 9.17) is 13.4 Å². The summed E-state index contributed by atoms with van der Waals surface area (Å²) < 4.78 is 27.1. The van der Waals surface area contributed by atoms with Crippen molar-refractivity contribution >= 4 is 14.7 Å². The summed E-state index contributed by atoms with van der Waals surface area (Å²) in [6.07, 6.45) is 1.72.